The molecule has 2 aromatic carbocycles. The number of rotatable bonds is 7. The molecule has 152 valence electrons. The Morgan fingerprint density at radius 1 is 1.17 bits per heavy atom. The average molecular weight is 431 g/mol. The van der Waals surface area contributed by atoms with Crippen LogP contribution in [0.5, 0.6) is 0 Å². The zero-order valence-electron chi connectivity index (χ0n) is 16.0. The molecule has 0 saturated carbocycles. The molecule has 1 heterocycles. The van der Waals surface area contributed by atoms with E-state index in [1.165, 1.54) is 36.0 Å². The standard InChI is InChI=1S/C20H22N4O3S2/c1-3-17(19(25)23-15-9-11-16(12-10-15)29(21,26)27)28-20-22-13(2)18(24-20)14-7-5-4-6-8-14/h4-12,17H,3H2,1-2H3,(H,22,24)(H,23,25)(H2,21,26,27)/t17-/m0/s1. The number of hydrogen-bond donors (Lipinski definition) is 3. The average Bonchev–Trinajstić information content (AvgIpc) is 3.06. The summed E-state index contributed by atoms with van der Waals surface area (Å²) in [4.78, 5) is 20.6. The lowest BCUT2D eigenvalue weighted by atomic mass is 10.1. The summed E-state index contributed by atoms with van der Waals surface area (Å²) in [5, 5.41) is 8.21. The molecule has 29 heavy (non-hydrogen) atoms. The Kier molecular flexibility index (Phi) is 6.41. The number of thioether (sulfide) groups is 1. The van der Waals surface area contributed by atoms with Gasteiger partial charge < -0.3 is 10.3 Å². The SMILES string of the molecule is CC[C@H](Sc1nc(-c2ccccc2)c(C)[nH]1)C(=O)Nc1ccc(S(N)(=O)=O)cc1. The molecule has 0 radical (unpaired) electrons. The van der Waals surface area contributed by atoms with Crippen LogP contribution >= 0.6 is 11.8 Å². The van der Waals surface area contributed by atoms with Crippen LogP contribution < -0.4 is 10.5 Å². The van der Waals surface area contributed by atoms with E-state index in [1.807, 2.05) is 44.2 Å². The Hall–Kier alpha value is -2.62. The highest BCUT2D eigenvalue weighted by Gasteiger charge is 2.21. The minimum absolute atomic E-state index is 0.00332. The van der Waals surface area contributed by atoms with Gasteiger partial charge in [-0.15, -0.1) is 0 Å². The lowest BCUT2D eigenvalue weighted by Crippen LogP contribution is -2.24. The first-order valence-corrected chi connectivity index (χ1v) is 11.4. The Bertz CT molecular complexity index is 1090. The van der Waals surface area contributed by atoms with Crippen molar-refractivity contribution >= 4 is 33.4 Å². The lowest BCUT2D eigenvalue weighted by Gasteiger charge is -2.13. The van der Waals surface area contributed by atoms with Gasteiger partial charge in [-0.05, 0) is 37.6 Å². The highest BCUT2D eigenvalue weighted by atomic mass is 32.2. The van der Waals surface area contributed by atoms with E-state index in [0.717, 1.165) is 17.0 Å². The number of nitrogens with one attached hydrogen (secondary N) is 2. The molecule has 3 aromatic rings. The van der Waals surface area contributed by atoms with Gasteiger partial charge in [0, 0.05) is 16.9 Å². The number of amides is 1. The summed E-state index contributed by atoms with van der Waals surface area (Å²) in [5.41, 5.74) is 3.32. The number of imidazole rings is 1. The van der Waals surface area contributed by atoms with Gasteiger partial charge in [0.2, 0.25) is 15.9 Å². The molecule has 3 rings (SSSR count). The van der Waals surface area contributed by atoms with E-state index in [2.05, 4.69) is 15.3 Å². The summed E-state index contributed by atoms with van der Waals surface area (Å²) in [7, 11) is -3.76. The number of H-pyrrole nitrogens is 1. The van der Waals surface area contributed by atoms with Crippen molar-refractivity contribution in [3.63, 3.8) is 0 Å². The molecule has 0 saturated heterocycles. The summed E-state index contributed by atoms with van der Waals surface area (Å²) in [6.45, 7) is 3.88. The molecule has 1 aromatic heterocycles. The van der Waals surface area contributed by atoms with Crippen molar-refractivity contribution in [3.05, 3.63) is 60.3 Å². The Balaban J connectivity index is 1.71. The molecule has 1 atom stereocenters. The number of nitrogens with two attached hydrogens (primary N) is 1. The number of primary sulfonamides is 1. The largest absolute Gasteiger partial charge is 0.336 e. The number of aromatic amines is 1. The minimum atomic E-state index is -3.76. The maximum atomic E-state index is 12.7. The molecular weight excluding hydrogens is 408 g/mol. The molecule has 4 N–H and O–H groups in total. The van der Waals surface area contributed by atoms with Gasteiger partial charge in [0.05, 0.1) is 15.8 Å². The van der Waals surface area contributed by atoms with Crippen LogP contribution in [0.15, 0.2) is 64.6 Å². The fourth-order valence-corrected chi connectivity index (χ4v) is 4.25. The normalized spacial score (nSPS) is 12.5. The third-order valence-electron chi connectivity index (χ3n) is 4.28. The number of benzene rings is 2. The molecule has 9 heteroatoms. The van der Waals surface area contributed by atoms with E-state index in [9.17, 15) is 13.2 Å². The summed E-state index contributed by atoms with van der Waals surface area (Å²) in [6, 6.07) is 15.6. The predicted molar refractivity (Wildman–Crippen MR) is 115 cm³/mol. The monoisotopic (exact) mass is 430 g/mol. The van der Waals surface area contributed by atoms with Crippen molar-refractivity contribution < 1.29 is 13.2 Å². The highest BCUT2D eigenvalue weighted by Crippen LogP contribution is 2.29. The number of anilines is 1. The van der Waals surface area contributed by atoms with E-state index in [4.69, 9.17) is 5.14 Å². The van der Waals surface area contributed by atoms with Gasteiger partial charge in [0.1, 0.15) is 0 Å². The van der Waals surface area contributed by atoms with Crippen molar-refractivity contribution in [2.24, 2.45) is 5.14 Å². The second-order valence-corrected chi connectivity index (χ2v) is 9.21. The molecule has 0 fully saturated rings. The van der Waals surface area contributed by atoms with E-state index >= 15 is 0 Å². The van der Waals surface area contributed by atoms with Crippen LogP contribution in [0.4, 0.5) is 5.69 Å². The van der Waals surface area contributed by atoms with Gasteiger partial charge in [-0.2, -0.15) is 0 Å². The zero-order chi connectivity index (χ0) is 21.0. The molecule has 0 aliphatic rings. The molecular formula is C20H22N4O3S2. The molecule has 0 spiro atoms. The van der Waals surface area contributed by atoms with Gasteiger partial charge in [-0.3, -0.25) is 4.79 Å². The molecule has 0 aliphatic heterocycles. The van der Waals surface area contributed by atoms with Gasteiger partial charge >= 0.3 is 0 Å². The number of aryl methyl sites for hydroxylation is 1. The van der Waals surface area contributed by atoms with Gasteiger partial charge in [-0.25, -0.2) is 18.5 Å². The van der Waals surface area contributed by atoms with Crippen LogP contribution in [0.3, 0.4) is 0 Å². The maximum absolute atomic E-state index is 12.7. The number of nitrogens with zero attached hydrogens (tertiary/aromatic N) is 1. The number of hydrogen-bond acceptors (Lipinski definition) is 5. The molecule has 0 unspecified atom stereocenters. The predicted octanol–water partition coefficient (Wildman–Crippen LogP) is 3.54. The number of carbonyl (C=O) groups excluding carboxylic acids is 1. The molecule has 0 aliphatic carbocycles. The Morgan fingerprint density at radius 3 is 2.41 bits per heavy atom. The quantitative estimate of drug-likeness (QED) is 0.496. The summed E-state index contributed by atoms with van der Waals surface area (Å²) < 4.78 is 22.7. The zero-order valence-corrected chi connectivity index (χ0v) is 17.7. The Labute approximate surface area is 174 Å². The Morgan fingerprint density at radius 2 is 1.83 bits per heavy atom. The second-order valence-electron chi connectivity index (χ2n) is 6.45. The number of aromatic nitrogens is 2. The van der Waals surface area contributed by atoms with E-state index in [0.29, 0.717) is 17.3 Å². The molecule has 7 nitrogen and oxygen atoms in total. The van der Waals surface area contributed by atoms with E-state index in [-0.39, 0.29) is 16.1 Å². The number of carbonyl (C=O) groups is 1. The lowest BCUT2D eigenvalue weighted by molar-refractivity contribution is -0.115. The second kappa shape index (κ2) is 8.81. The van der Waals surface area contributed by atoms with Crippen LogP contribution in [0.2, 0.25) is 0 Å². The maximum Gasteiger partial charge on any atom is 0.238 e. The van der Waals surface area contributed by atoms with Crippen molar-refractivity contribution in [3.8, 4) is 11.3 Å². The summed E-state index contributed by atoms with van der Waals surface area (Å²) in [6.07, 6.45) is 0.603. The van der Waals surface area contributed by atoms with Crippen LogP contribution in [-0.4, -0.2) is 29.5 Å². The van der Waals surface area contributed by atoms with Crippen molar-refractivity contribution in [1.82, 2.24) is 9.97 Å². The van der Waals surface area contributed by atoms with Crippen molar-refractivity contribution in [1.29, 1.82) is 0 Å². The summed E-state index contributed by atoms with van der Waals surface area (Å²) >= 11 is 1.36. The van der Waals surface area contributed by atoms with Gasteiger partial charge in [-0.1, -0.05) is 49.0 Å². The van der Waals surface area contributed by atoms with Crippen LogP contribution in [0.1, 0.15) is 19.0 Å². The minimum Gasteiger partial charge on any atom is -0.336 e. The highest BCUT2D eigenvalue weighted by molar-refractivity contribution is 8.00. The first-order chi connectivity index (χ1) is 13.8. The van der Waals surface area contributed by atoms with Crippen molar-refractivity contribution in [2.45, 2.75) is 35.6 Å². The molecule has 1 amide bonds. The molecule has 0 bridgehead atoms. The number of sulfonamides is 1. The van der Waals surface area contributed by atoms with E-state index < -0.39 is 10.0 Å². The first kappa shape index (κ1) is 21.1. The van der Waals surface area contributed by atoms with Crippen molar-refractivity contribution in [2.75, 3.05) is 5.32 Å². The third-order valence-corrected chi connectivity index (χ3v) is 6.46. The first-order valence-electron chi connectivity index (χ1n) is 9.00. The third kappa shape index (κ3) is 5.26. The smallest absolute Gasteiger partial charge is 0.238 e. The fraction of sp³-hybridized carbons (Fsp3) is 0.200. The van der Waals surface area contributed by atoms with Gasteiger partial charge in [0.15, 0.2) is 5.16 Å². The van der Waals surface area contributed by atoms with Crippen LogP contribution in [0, 0.1) is 6.92 Å². The van der Waals surface area contributed by atoms with Crippen LogP contribution in [0.25, 0.3) is 11.3 Å². The van der Waals surface area contributed by atoms with Gasteiger partial charge in [0.25, 0.3) is 0 Å². The fourth-order valence-electron chi connectivity index (χ4n) is 2.77. The van der Waals surface area contributed by atoms with E-state index in [1.54, 1.807) is 0 Å². The van der Waals surface area contributed by atoms with Crippen LogP contribution in [-0.2, 0) is 14.8 Å². The summed E-state index contributed by atoms with van der Waals surface area (Å²) in [5.74, 6) is -0.184. The topological polar surface area (TPSA) is 118 Å².